The monoisotopic (exact) mass is 384 g/mol. The summed E-state index contributed by atoms with van der Waals surface area (Å²) in [6.45, 7) is 17.6. The Morgan fingerprint density at radius 2 is 1.04 bits per heavy atom. The van der Waals surface area contributed by atoms with Crippen molar-refractivity contribution in [1.29, 1.82) is 0 Å². The average molecular weight is 385 g/mol. The maximum Gasteiger partial charge on any atom is 0.122 e. The molecule has 28 heavy (non-hydrogen) atoms. The largest absolute Gasteiger partial charge is 0.507 e. The second-order valence-electron chi connectivity index (χ2n) is 7.92. The predicted octanol–water partition coefficient (Wildman–Crippen LogP) is 4.68. The molecule has 4 nitrogen and oxygen atoms in total. The Morgan fingerprint density at radius 1 is 0.643 bits per heavy atom. The summed E-state index contributed by atoms with van der Waals surface area (Å²) in [5, 5.41) is 21.1. The van der Waals surface area contributed by atoms with E-state index in [0.717, 1.165) is 59.6 Å². The van der Waals surface area contributed by atoms with E-state index in [9.17, 15) is 10.2 Å². The van der Waals surface area contributed by atoms with Gasteiger partial charge in [0, 0.05) is 37.3 Å². The zero-order valence-corrected chi connectivity index (χ0v) is 18.3. The molecular weight excluding hydrogens is 348 g/mol. The van der Waals surface area contributed by atoms with Crippen LogP contribution in [0.25, 0.3) is 0 Å². The number of phenols is 2. The van der Waals surface area contributed by atoms with E-state index in [2.05, 4.69) is 49.6 Å². The highest BCUT2D eigenvalue weighted by molar-refractivity contribution is 5.44. The average Bonchev–Trinajstić information content (AvgIpc) is 2.63. The maximum atomic E-state index is 10.6. The van der Waals surface area contributed by atoms with E-state index in [4.69, 9.17) is 0 Å². The van der Waals surface area contributed by atoms with Crippen molar-refractivity contribution in [2.75, 3.05) is 26.2 Å². The van der Waals surface area contributed by atoms with Crippen molar-refractivity contribution >= 4 is 0 Å². The third-order valence-electron chi connectivity index (χ3n) is 5.46. The molecule has 2 rings (SSSR count). The molecule has 2 N–H and O–H groups in total. The number of aromatic hydroxyl groups is 2. The normalized spacial score (nSPS) is 11.6. The van der Waals surface area contributed by atoms with Crippen LogP contribution < -0.4 is 0 Å². The van der Waals surface area contributed by atoms with Crippen LogP contribution in [-0.4, -0.2) is 46.2 Å². The number of likely N-dealkylation sites (N-methyl/N-ethyl adjacent to an activating group) is 1. The molecule has 0 amide bonds. The summed E-state index contributed by atoms with van der Waals surface area (Å²) in [6, 6.07) is 8.14. The van der Waals surface area contributed by atoms with E-state index in [1.807, 2.05) is 26.0 Å². The lowest BCUT2D eigenvalue weighted by molar-refractivity contribution is 0.199. The van der Waals surface area contributed by atoms with Crippen LogP contribution in [0.1, 0.15) is 47.2 Å². The molecule has 0 aliphatic heterocycles. The molecule has 0 saturated carbocycles. The molecule has 0 unspecified atom stereocenters. The Morgan fingerprint density at radius 3 is 1.43 bits per heavy atom. The van der Waals surface area contributed by atoms with Crippen LogP contribution in [0.15, 0.2) is 24.3 Å². The molecule has 4 heteroatoms. The fourth-order valence-electron chi connectivity index (χ4n) is 3.86. The summed E-state index contributed by atoms with van der Waals surface area (Å²) >= 11 is 0. The first-order chi connectivity index (χ1) is 13.2. The van der Waals surface area contributed by atoms with Gasteiger partial charge in [0.05, 0.1) is 0 Å². The second-order valence-corrected chi connectivity index (χ2v) is 7.92. The molecule has 0 saturated heterocycles. The van der Waals surface area contributed by atoms with E-state index in [-0.39, 0.29) is 0 Å². The minimum absolute atomic E-state index is 0.378. The molecule has 0 fully saturated rings. The Labute approximate surface area is 170 Å². The van der Waals surface area contributed by atoms with Gasteiger partial charge >= 0.3 is 0 Å². The third kappa shape index (κ3) is 5.73. The number of hydrogen-bond donors (Lipinski definition) is 2. The lowest BCUT2D eigenvalue weighted by Crippen LogP contribution is -2.34. The molecule has 0 aliphatic rings. The number of nitrogens with zero attached hydrogens (tertiary/aromatic N) is 2. The fraction of sp³-hybridized carbons (Fsp3) is 0.500. The Balaban J connectivity index is 2.29. The summed E-state index contributed by atoms with van der Waals surface area (Å²) in [5.41, 5.74) is 6.02. The number of phenolic OH excluding ortho intramolecular Hbond substituents is 2. The zero-order valence-electron chi connectivity index (χ0n) is 18.3. The van der Waals surface area contributed by atoms with Crippen LogP contribution in [0.2, 0.25) is 0 Å². The number of hydrogen-bond acceptors (Lipinski definition) is 4. The van der Waals surface area contributed by atoms with Crippen LogP contribution in [-0.2, 0) is 13.1 Å². The van der Waals surface area contributed by atoms with Crippen LogP contribution >= 0.6 is 0 Å². The van der Waals surface area contributed by atoms with E-state index in [1.54, 1.807) is 0 Å². The Kier molecular flexibility index (Phi) is 7.90. The first kappa shape index (κ1) is 22.3. The van der Waals surface area contributed by atoms with Gasteiger partial charge in [0.15, 0.2) is 0 Å². The zero-order chi connectivity index (χ0) is 20.8. The van der Waals surface area contributed by atoms with Gasteiger partial charge in [0.2, 0.25) is 0 Å². The lowest BCUT2D eigenvalue weighted by atomic mass is 10.0. The summed E-state index contributed by atoms with van der Waals surface area (Å²) in [7, 11) is 0. The molecule has 0 heterocycles. The molecule has 0 atom stereocenters. The minimum Gasteiger partial charge on any atom is -0.507 e. The smallest absolute Gasteiger partial charge is 0.122 e. The van der Waals surface area contributed by atoms with E-state index in [1.165, 1.54) is 0 Å². The van der Waals surface area contributed by atoms with Gasteiger partial charge < -0.3 is 15.1 Å². The number of benzene rings is 2. The first-order valence-corrected chi connectivity index (χ1v) is 10.3. The van der Waals surface area contributed by atoms with E-state index < -0.39 is 0 Å². The third-order valence-corrected chi connectivity index (χ3v) is 5.46. The van der Waals surface area contributed by atoms with Crippen molar-refractivity contribution in [3.8, 4) is 11.5 Å². The van der Waals surface area contributed by atoms with Crippen LogP contribution in [0.3, 0.4) is 0 Å². The molecular formula is C24H36N2O2. The highest BCUT2D eigenvalue weighted by atomic mass is 16.3. The number of rotatable bonds is 9. The number of aryl methyl sites for hydroxylation is 4. The SMILES string of the molecule is CCN(CC)CCN(Cc1cc(C)cc(C)c1O)Cc1cc(C)cc(C)c1O. The highest BCUT2D eigenvalue weighted by Crippen LogP contribution is 2.28. The molecule has 2 aromatic carbocycles. The Bertz CT molecular complexity index is 738. The maximum absolute atomic E-state index is 10.6. The van der Waals surface area contributed by atoms with Crippen molar-refractivity contribution < 1.29 is 10.2 Å². The summed E-state index contributed by atoms with van der Waals surface area (Å²) in [5.74, 6) is 0.756. The van der Waals surface area contributed by atoms with Gasteiger partial charge in [-0.15, -0.1) is 0 Å². The molecule has 0 aliphatic carbocycles. The van der Waals surface area contributed by atoms with E-state index in [0.29, 0.717) is 24.6 Å². The molecule has 154 valence electrons. The molecule has 2 aromatic rings. The van der Waals surface area contributed by atoms with Crippen molar-refractivity contribution in [3.05, 3.63) is 57.6 Å². The molecule has 0 aromatic heterocycles. The molecule has 0 spiro atoms. The molecule has 0 radical (unpaired) electrons. The van der Waals surface area contributed by atoms with Gasteiger partial charge in [-0.2, -0.15) is 0 Å². The van der Waals surface area contributed by atoms with Gasteiger partial charge in [-0.25, -0.2) is 0 Å². The second kappa shape index (κ2) is 9.94. The first-order valence-electron chi connectivity index (χ1n) is 10.3. The van der Waals surface area contributed by atoms with Gasteiger partial charge in [-0.1, -0.05) is 49.2 Å². The van der Waals surface area contributed by atoms with Crippen molar-refractivity contribution in [2.45, 2.75) is 54.6 Å². The standard InChI is InChI=1S/C24H36N2O2/c1-7-25(8-2)9-10-26(15-21-13-17(3)11-19(5)23(21)27)16-22-14-18(4)12-20(6)24(22)28/h11-14,27-28H,7-10,15-16H2,1-6H3. The van der Waals surface area contributed by atoms with Gasteiger partial charge in [0.25, 0.3) is 0 Å². The fourth-order valence-corrected chi connectivity index (χ4v) is 3.86. The van der Waals surface area contributed by atoms with E-state index >= 15 is 0 Å². The lowest BCUT2D eigenvalue weighted by Gasteiger charge is -2.27. The summed E-state index contributed by atoms with van der Waals surface area (Å²) in [4.78, 5) is 4.72. The quantitative estimate of drug-likeness (QED) is 0.659. The van der Waals surface area contributed by atoms with Crippen molar-refractivity contribution in [3.63, 3.8) is 0 Å². The topological polar surface area (TPSA) is 46.9 Å². The van der Waals surface area contributed by atoms with Gasteiger partial charge in [0.1, 0.15) is 11.5 Å². The summed E-state index contributed by atoms with van der Waals surface area (Å²) in [6.07, 6.45) is 0. The Hall–Kier alpha value is -2.04. The van der Waals surface area contributed by atoms with Gasteiger partial charge in [-0.05, 0) is 51.9 Å². The predicted molar refractivity (Wildman–Crippen MR) is 117 cm³/mol. The van der Waals surface area contributed by atoms with Crippen molar-refractivity contribution in [2.24, 2.45) is 0 Å². The van der Waals surface area contributed by atoms with Crippen LogP contribution in [0.4, 0.5) is 0 Å². The molecule has 0 bridgehead atoms. The van der Waals surface area contributed by atoms with Crippen molar-refractivity contribution in [1.82, 2.24) is 9.80 Å². The summed E-state index contributed by atoms with van der Waals surface area (Å²) < 4.78 is 0. The van der Waals surface area contributed by atoms with Crippen LogP contribution in [0, 0.1) is 27.7 Å². The van der Waals surface area contributed by atoms with Gasteiger partial charge in [-0.3, -0.25) is 4.90 Å². The minimum atomic E-state index is 0.378. The van der Waals surface area contributed by atoms with Crippen LogP contribution in [0.5, 0.6) is 11.5 Å². The highest BCUT2D eigenvalue weighted by Gasteiger charge is 2.16.